The minimum atomic E-state index is 0.879. The summed E-state index contributed by atoms with van der Waals surface area (Å²) in [5.74, 6) is 0. The van der Waals surface area contributed by atoms with Crippen LogP contribution >= 0.6 is 0 Å². The standard InChI is InChI=1S/C60H39NO/c1-2-14-44-37-49(27-26-40(44)12-1)46-19-9-18-45(36-46)41-28-32-50(33-29-41)61(51-34-30-43(31-35-51)53-22-10-17-42-13-5-6-20-52(42)53)57-24-8-7-21-54(57)55-23-11-25-58-60(55)56-38-47-15-3-4-16-48(47)39-59(56)62-58/h1-39H. The Morgan fingerprint density at radius 1 is 0.274 bits per heavy atom. The zero-order valence-corrected chi connectivity index (χ0v) is 33.9. The van der Waals surface area contributed by atoms with Crippen LogP contribution in [-0.4, -0.2) is 0 Å². The molecular weight excluding hydrogens is 751 g/mol. The normalized spacial score (nSPS) is 11.5. The molecule has 290 valence electrons. The number of rotatable bonds is 7. The molecule has 12 rings (SSSR count). The first-order chi connectivity index (χ1) is 30.7. The van der Waals surface area contributed by atoms with Gasteiger partial charge in [0.05, 0.1) is 5.69 Å². The van der Waals surface area contributed by atoms with Gasteiger partial charge in [0.2, 0.25) is 0 Å². The molecule has 0 radical (unpaired) electrons. The first-order valence-electron chi connectivity index (χ1n) is 21.2. The lowest BCUT2D eigenvalue weighted by Crippen LogP contribution is -2.11. The summed E-state index contributed by atoms with van der Waals surface area (Å²) >= 11 is 0. The van der Waals surface area contributed by atoms with Gasteiger partial charge in [-0.1, -0.05) is 176 Å². The Kier molecular flexibility index (Phi) is 8.53. The lowest BCUT2D eigenvalue weighted by Gasteiger charge is -2.28. The van der Waals surface area contributed by atoms with Crippen LogP contribution in [0, 0.1) is 0 Å². The number of anilines is 3. The Bertz CT molecular complexity index is 3630. The molecule has 2 heteroatoms. The van der Waals surface area contributed by atoms with Crippen molar-refractivity contribution in [2.24, 2.45) is 0 Å². The van der Waals surface area contributed by atoms with E-state index >= 15 is 0 Å². The van der Waals surface area contributed by atoms with Crippen LogP contribution in [-0.2, 0) is 0 Å². The minimum Gasteiger partial charge on any atom is -0.456 e. The molecule has 0 bridgehead atoms. The second-order valence-electron chi connectivity index (χ2n) is 16.1. The molecule has 11 aromatic carbocycles. The van der Waals surface area contributed by atoms with Crippen LogP contribution in [0.1, 0.15) is 0 Å². The molecule has 0 amide bonds. The number of hydrogen-bond donors (Lipinski definition) is 0. The third kappa shape index (κ3) is 6.20. The Morgan fingerprint density at radius 3 is 1.60 bits per heavy atom. The molecule has 1 heterocycles. The maximum Gasteiger partial charge on any atom is 0.136 e. The molecule has 1 aromatic heterocycles. The third-order valence-corrected chi connectivity index (χ3v) is 12.4. The lowest BCUT2D eigenvalue weighted by atomic mass is 9.95. The maximum absolute atomic E-state index is 6.58. The van der Waals surface area contributed by atoms with Crippen LogP contribution in [0.4, 0.5) is 17.1 Å². The van der Waals surface area contributed by atoms with Crippen molar-refractivity contribution >= 4 is 71.3 Å². The van der Waals surface area contributed by atoms with E-state index in [0.717, 1.165) is 55.7 Å². The highest BCUT2D eigenvalue weighted by Gasteiger charge is 2.21. The van der Waals surface area contributed by atoms with E-state index in [-0.39, 0.29) is 0 Å². The van der Waals surface area contributed by atoms with Crippen LogP contribution in [0.25, 0.3) is 98.8 Å². The Labute approximate surface area is 360 Å². The molecule has 0 aliphatic heterocycles. The highest BCUT2D eigenvalue weighted by Crippen LogP contribution is 2.46. The van der Waals surface area contributed by atoms with Gasteiger partial charge in [0.25, 0.3) is 0 Å². The van der Waals surface area contributed by atoms with Gasteiger partial charge in [-0.15, -0.1) is 0 Å². The number of hydrogen-bond acceptors (Lipinski definition) is 2. The molecule has 0 saturated carbocycles. The maximum atomic E-state index is 6.58. The van der Waals surface area contributed by atoms with E-state index in [0.29, 0.717) is 0 Å². The van der Waals surface area contributed by atoms with Crippen LogP contribution in [0.3, 0.4) is 0 Å². The fourth-order valence-corrected chi connectivity index (χ4v) is 9.38. The fraction of sp³-hybridized carbons (Fsp3) is 0. The number of benzene rings is 11. The van der Waals surface area contributed by atoms with Crippen LogP contribution < -0.4 is 4.90 Å². The second kappa shape index (κ2) is 14.8. The molecule has 0 aliphatic rings. The molecule has 0 saturated heterocycles. The number of para-hydroxylation sites is 1. The summed E-state index contributed by atoms with van der Waals surface area (Å²) in [7, 11) is 0. The summed E-state index contributed by atoms with van der Waals surface area (Å²) in [6.45, 7) is 0. The minimum absolute atomic E-state index is 0.879. The molecule has 2 nitrogen and oxygen atoms in total. The molecule has 62 heavy (non-hydrogen) atoms. The van der Waals surface area contributed by atoms with Gasteiger partial charge in [-0.25, -0.2) is 0 Å². The molecule has 0 N–H and O–H groups in total. The van der Waals surface area contributed by atoms with Crippen molar-refractivity contribution < 1.29 is 4.42 Å². The van der Waals surface area contributed by atoms with Crippen molar-refractivity contribution in [2.75, 3.05) is 4.90 Å². The predicted molar refractivity (Wildman–Crippen MR) is 263 cm³/mol. The Morgan fingerprint density at radius 2 is 0.806 bits per heavy atom. The zero-order chi connectivity index (χ0) is 41.0. The average molecular weight is 790 g/mol. The largest absolute Gasteiger partial charge is 0.456 e. The smallest absolute Gasteiger partial charge is 0.136 e. The molecule has 0 atom stereocenters. The molecule has 0 spiro atoms. The number of furan rings is 1. The van der Waals surface area contributed by atoms with Crippen molar-refractivity contribution in [3.8, 4) is 44.5 Å². The van der Waals surface area contributed by atoms with Crippen LogP contribution in [0.2, 0.25) is 0 Å². The van der Waals surface area contributed by atoms with Crippen LogP contribution in [0.15, 0.2) is 241 Å². The van der Waals surface area contributed by atoms with E-state index in [9.17, 15) is 0 Å². The van der Waals surface area contributed by atoms with Crippen molar-refractivity contribution in [1.82, 2.24) is 0 Å². The van der Waals surface area contributed by atoms with Gasteiger partial charge in [-0.3, -0.25) is 0 Å². The van der Waals surface area contributed by atoms with Gasteiger partial charge in [-0.2, -0.15) is 0 Å². The van der Waals surface area contributed by atoms with Gasteiger partial charge < -0.3 is 9.32 Å². The predicted octanol–water partition coefficient (Wildman–Crippen LogP) is 17.2. The summed E-state index contributed by atoms with van der Waals surface area (Å²) in [5.41, 5.74) is 14.4. The Balaban J connectivity index is 0.993. The van der Waals surface area contributed by atoms with Crippen molar-refractivity contribution in [2.45, 2.75) is 0 Å². The highest BCUT2D eigenvalue weighted by atomic mass is 16.3. The summed E-state index contributed by atoms with van der Waals surface area (Å²) in [5, 5.41) is 9.58. The van der Waals surface area contributed by atoms with Gasteiger partial charge >= 0.3 is 0 Å². The molecular formula is C60H39NO. The van der Waals surface area contributed by atoms with E-state index in [1.807, 2.05) is 0 Å². The molecule has 0 fully saturated rings. The first kappa shape index (κ1) is 35.7. The fourth-order valence-electron chi connectivity index (χ4n) is 9.38. The number of fused-ring (bicyclic) bond motifs is 6. The summed E-state index contributed by atoms with van der Waals surface area (Å²) in [4.78, 5) is 2.40. The summed E-state index contributed by atoms with van der Waals surface area (Å²) in [6, 6.07) is 85.5. The Hall–Kier alpha value is -8.20. The van der Waals surface area contributed by atoms with Gasteiger partial charge in [0.15, 0.2) is 0 Å². The summed E-state index contributed by atoms with van der Waals surface area (Å²) < 4.78 is 6.58. The average Bonchev–Trinajstić information content (AvgIpc) is 3.71. The van der Waals surface area contributed by atoms with Crippen molar-refractivity contribution in [1.29, 1.82) is 0 Å². The lowest BCUT2D eigenvalue weighted by molar-refractivity contribution is 0.669. The van der Waals surface area contributed by atoms with Gasteiger partial charge in [0, 0.05) is 27.7 Å². The van der Waals surface area contributed by atoms with Gasteiger partial charge in [-0.05, 0) is 132 Å². The van der Waals surface area contributed by atoms with E-state index in [4.69, 9.17) is 4.42 Å². The highest BCUT2D eigenvalue weighted by molar-refractivity contribution is 6.16. The van der Waals surface area contributed by atoms with E-state index in [1.165, 1.54) is 60.1 Å². The SMILES string of the molecule is c1cc(-c2ccc(N(c3ccc(-c4cccc5ccccc45)cc3)c3ccccc3-c3cccc4oc5cc6ccccc6cc5c34)cc2)cc(-c2ccc3ccccc3c2)c1. The number of nitrogens with zero attached hydrogens (tertiary/aromatic N) is 1. The van der Waals surface area contributed by atoms with Crippen LogP contribution in [0.5, 0.6) is 0 Å². The van der Waals surface area contributed by atoms with E-state index in [2.05, 4.69) is 241 Å². The third-order valence-electron chi connectivity index (χ3n) is 12.4. The molecule has 0 aliphatic carbocycles. The quantitative estimate of drug-likeness (QED) is 0.160. The van der Waals surface area contributed by atoms with E-state index < -0.39 is 0 Å². The van der Waals surface area contributed by atoms with E-state index in [1.54, 1.807) is 0 Å². The van der Waals surface area contributed by atoms with Gasteiger partial charge in [0.1, 0.15) is 11.2 Å². The molecule has 12 aromatic rings. The second-order valence-corrected chi connectivity index (χ2v) is 16.1. The zero-order valence-electron chi connectivity index (χ0n) is 33.9. The summed E-state index contributed by atoms with van der Waals surface area (Å²) in [6.07, 6.45) is 0. The van der Waals surface area contributed by atoms with Crippen molar-refractivity contribution in [3.63, 3.8) is 0 Å². The van der Waals surface area contributed by atoms with Crippen molar-refractivity contribution in [3.05, 3.63) is 237 Å². The monoisotopic (exact) mass is 789 g/mol. The topological polar surface area (TPSA) is 16.4 Å². The first-order valence-corrected chi connectivity index (χ1v) is 21.2. The molecule has 0 unspecified atom stereocenters.